The van der Waals surface area contributed by atoms with E-state index in [2.05, 4.69) is 156 Å². The van der Waals surface area contributed by atoms with E-state index in [0.29, 0.717) is 29.6 Å². The Hall–Kier alpha value is -2.48. The van der Waals surface area contributed by atoms with Gasteiger partial charge in [0.05, 0.1) is 0 Å². The van der Waals surface area contributed by atoms with Gasteiger partial charge in [-0.25, -0.2) is 0 Å². The number of allylic oxidation sites excluding steroid dienone is 4. The molecule has 5 aromatic rings. The number of thiophene rings is 1. The SMILES string of the molecule is CC1[C-]=C(c2ccsc2)C=C1.Cc1cc2c(c(C)c1C)C(C)c1c3c(c4ccccc4c1-2)C(C)C(C)C(C)[C-]3C.[Cl-].[Cl-].[Zr+2]=[CH]Cc1ccccc1. The average Bonchev–Trinajstić information content (AvgIpc) is 3.86. The molecular formula is C47H50Cl2SZr-2. The summed E-state index contributed by atoms with van der Waals surface area (Å²) in [6, 6.07) is 24.3. The van der Waals surface area contributed by atoms with E-state index in [9.17, 15) is 0 Å². The molecule has 264 valence electrons. The maximum atomic E-state index is 3.37. The third-order valence-corrected chi connectivity index (χ3v) is 12.9. The molecule has 8 rings (SSSR count). The van der Waals surface area contributed by atoms with Crippen molar-refractivity contribution in [2.45, 2.75) is 80.6 Å². The fourth-order valence-corrected chi connectivity index (χ4v) is 9.58. The predicted molar refractivity (Wildman–Crippen MR) is 211 cm³/mol. The normalized spacial score (nSPS) is 20.7. The van der Waals surface area contributed by atoms with Crippen LogP contribution in [0.3, 0.4) is 0 Å². The first-order chi connectivity index (χ1) is 23.5. The molecule has 0 amide bonds. The van der Waals surface area contributed by atoms with Crippen LogP contribution in [0, 0.1) is 50.5 Å². The van der Waals surface area contributed by atoms with Crippen molar-refractivity contribution >= 4 is 31.4 Å². The van der Waals surface area contributed by atoms with Crippen LogP contribution in [0.5, 0.6) is 0 Å². The molecule has 0 bridgehead atoms. The Morgan fingerprint density at radius 1 is 0.824 bits per heavy atom. The third-order valence-electron chi connectivity index (χ3n) is 11.7. The molecule has 5 atom stereocenters. The van der Waals surface area contributed by atoms with Gasteiger partial charge in [0, 0.05) is 0 Å². The molecule has 0 saturated carbocycles. The molecule has 4 aromatic carbocycles. The summed E-state index contributed by atoms with van der Waals surface area (Å²) in [6.45, 7) is 21.2. The third kappa shape index (κ3) is 7.92. The van der Waals surface area contributed by atoms with Crippen molar-refractivity contribution in [3.05, 3.63) is 152 Å². The Morgan fingerprint density at radius 3 is 2.10 bits per heavy atom. The van der Waals surface area contributed by atoms with Crippen LogP contribution >= 0.6 is 11.3 Å². The van der Waals surface area contributed by atoms with E-state index < -0.39 is 0 Å². The quantitative estimate of drug-likeness (QED) is 0.173. The van der Waals surface area contributed by atoms with Crippen molar-refractivity contribution in [3.63, 3.8) is 0 Å². The second-order valence-electron chi connectivity index (χ2n) is 14.5. The van der Waals surface area contributed by atoms with E-state index in [1.165, 1.54) is 79.5 Å². The monoisotopic (exact) mass is 806 g/mol. The molecule has 51 heavy (non-hydrogen) atoms. The Balaban J connectivity index is 0.000000218. The number of benzene rings is 4. The zero-order valence-electron chi connectivity index (χ0n) is 31.5. The van der Waals surface area contributed by atoms with Crippen LogP contribution in [-0.4, -0.2) is 3.71 Å². The van der Waals surface area contributed by atoms with Gasteiger partial charge in [0.1, 0.15) is 0 Å². The van der Waals surface area contributed by atoms with Gasteiger partial charge in [-0.05, 0) is 65.3 Å². The van der Waals surface area contributed by atoms with Gasteiger partial charge in [-0.3, -0.25) is 0 Å². The van der Waals surface area contributed by atoms with Crippen molar-refractivity contribution in [3.8, 4) is 11.1 Å². The van der Waals surface area contributed by atoms with Gasteiger partial charge in [0.2, 0.25) is 0 Å². The van der Waals surface area contributed by atoms with Crippen molar-refractivity contribution < 1.29 is 49.0 Å². The van der Waals surface area contributed by atoms with Crippen LogP contribution in [0.25, 0.3) is 27.5 Å². The second-order valence-corrected chi connectivity index (χ2v) is 16.3. The van der Waals surface area contributed by atoms with Crippen LogP contribution < -0.4 is 24.8 Å². The van der Waals surface area contributed by atoms with Crippen LogP contribution in [-0.2, 0) is 30.7 Å². The molecule has 1 aromatic heterocycles. The van der Waals surface area contributed by atoms with Crippen LogP contribution in [0.1, 0.15) is 103 Å². The summed E-state index contributed by atoms with van der Waals surface area (Å²) in [7, 11) is 0. The maximum absolute atomic E-state index is 3.37. The number of hydrogen-bond donors (Lipinski definition) is 0. The number of rotatable bonds is 3. The Bertz CT molecular complexity index is 2040. The first-order valence-electron chi connectivity index (χ1n) is 18.0. The minimum atomic E-state index is 0. The van der Waals surface area contributed by atoms with Gasteiger partial charge in [0.25, 0.3) is 0 Å². The van der Waals surface area contributed by atoms with Crippen LogP contribution in [0.2, 0.25) is 0 Å². The molecular weight excluding hydrogens is 759 g/mol. The predicted octanol–water partition coefficient (Wildman–Crippen LogP) is 6.96. The fraction of sp³-hybridized carbons (Fsp3) is 0.319. The number of halogens is 2. The summed E-state index contributed by atoms with van der Waals surface area (Å²) >= 11 is 3.24. The van der Waals surface area contributed by atoms with E-state index in [-0.39, 0.29) is 24.8 Å². The number of aryl methyl sites for hydroxylation is 1. The van der Waals surface area contributed by atoms with Crippen molar-refractivity contribution in [1.82, 2.24) is 0 Å². The van der Waals surface area contributed by atoms with Crippen molar-refractivity contribution in [2.75, 3.05) is 0 Å². The van der Waals surface area contributed by atoms with Crippen LogP contribution in [0.4, 0.5) is 0 Å². The topological polar surface area (TPSA) is 0 Å². The van der Waals surface area contributed by atoms with E-state index in [1.807, 2.05) is 6.07 Å². The molecule has 1 heterocycles. The first-order valence-corrected chi connectivity index (χ1v) is 20.3. The van der Waals surface area contributed by atoms with Gasteiger partial charge >= 0.3 is 70.3 Å². The van der Waals surface area contributed by atoms with Crippen LogP contribution in [0.15, 0.2) is 89.6 Å². The van der Waals surface area contributed by atoms with Crippen molar-refractivity contribution in [2.24, 2.45) is 17.8 Å². The molecule has 0 radical (unpaired) electrons. The molecule has 0 spiro atoms. The summed E-state index contributed by atoms with van der Waals surface area (Å²) in [4.78, 5) is 0. The summed E-state index contributed by atoms with van der Waals surface area (Å²) < 4.78 is 2.25. The summed E-state index contributed by atoms with van der Waals surface area (Å²) in [5, 5.41) is 7.18. The Labute approximate surface area is 339 Å². The molecule has 0 aliphatic heterocycles. The van der Waals surface area contributed by atoms with E-state index in [0.717, 1.165) is 6.42 Å². The zero-order valence-corrected chi connectivity index (χ0v) is 36.3. The minimum absolute atomic E-state index is 0. The van der Waals surface area contributed by atoms with E-state index in [1.54, 1.807) is 39.5 Å². The summed E-state index contributed by atoms with van der Waals surface area (Å²) in [5.74, 6) is 4.43. The molecule has 0 saturated heterocycles. The first kappa shape index (κ1) is 41.3. The second kappa shape index (κ2) is 17.6. The van der Waals surface area contributed by atoms with Gasteiger partial charge in [-0.15, -0.1) is 22.8 Å². The molecule has 0 nitrogen and oxygen atoms in total. The van der Waals surface area contributed by atoms with Gasteiger partial charge < -0.3 is 24.8 Å². The Morgan fingerprint density at radius 2 is 1.49 bits per heavy atom. The molecule has 5 unspecified atom stereocenters. The zero-order chi connectivity index (χ0) is 35.0. The number of fused-ring (bicyclic) bond motifs is 8. The fourth-order valence-electron chi connectivity index (χ4n) is 8.35. The average molecular weight is 809 g/mol. The molecule has 0 fully saturated rings. The van der Waals surface area contributed by atoms with Gasteiger partial charge in [-0.1, -0.05) is 118 Å². The molecule has 3 aliphatic carbocycles. The molecule has 0 N–H and O–H groups in total. The molecule has 4 heteroatoms. The van der Waals surface area contributed by atoms with E-state index in [4.69, 9.17) is 0 Å². The van der Waals surface area contributed by atoms with Crippen molar-refractivity contribution in [1.29, 1.82) is 0 Å². The van der Waals surface area contributed by atoms with E-state index >= 15 is 0 Å². The summed E-state index contributed by atoms with van der Waals surface area (Å²) in [6.07, 6.45) is 8.81. The van der Waals surface area contributed by atoms with Gasteiger partial charge in [-0.2, -0.15) is 40.5 Å². The number of hydrogen-bond acceptors (Lipinski definition) is 1. The standard InChI is InChI=1S/C29H33.C10H9S.C8H8.2ClH.Zr/c1-14-13-24-25(18(5)15(14)2)21(8)28-27-20(7)17(4)16(3)19(6)26(27)22-11-9-10-12-23(22)29(24)28;1-8-2-3-9(6-8)10-4-5-11-7-10;1-2-8-6-4-3-5-7-8;;;/h9-13,16-17,19,21H,1-8H3;2-5,7-8H,1H3;1,3-7H,2H2;2*1H;/q2*-1;;;;+2/p-2. The summed E-state index contributed by atoms with van der Waals surface area (Å²) in [5.41, 5.74) is 17.7. The Kier molecular flexibility index (Phi) is 14.2. The molecule has 3 aliphatic rings. The van der Waals surface area contributed by atoms with Gasteiger partial charge in [0.15, 0.2) is 0 Å².